The van der Waals surface area contributed by atoms with Crippen molar-refractivity contribution in [3.05, 3.63) is 107 Å². The standard InChI is InChI=1S/C27H27FN2O/c1-20-8-2-3-10-22(20)18-30-19-23(25-13-4-5-14-26(25)30)11-7-15-27(31)29-17-21-9-6-12-24(28)16-21/h2-6,8-10,12-14,16,19H,7,11,15,17-18H2,1H3,(H,29,31). The van der Waals surface area contributed by atoms with Crippen LogP contribution in [0.15, 0.2) is 79.0 Å². The molecule has 3 aromatic carbocycles. The highest BCUT2D eigenvalue weighted by atomic mass is 19.1. The number of aryl methyl sites for hydroxylation is 2. The minimum absolute atomic E-state index is 0.00657. The Morgan fingerprint density at radius 1 is 0.968 bits per heavy atom. The first-order chi connectivity index (χ1) is 15.1. The van der Waals surface area contributed by atoms with Crippen molar-refractivity contribution in [1.29, 1.82) is 0 Å². The van der Waals surface area contributed by atoms with Crippen LogP contribution in [0.1, 0.15) is 35.1 Å². The first kappa shape index (κ1) is 20.9. The number of aromatic nitrogens is 1. The Bertz CT molecular complexity index is 1190. The van der Waals surface area contributed by atoms with Crippen LogP contribution in [-0.4, -0.2) is 10.5 Å². The van der Waals surface area contributed by atoms with Gasteiger partial charge in [-0.3, -0.25) is 4.79 Å². The third-order valence-electron chi connectivity index (χ3n) is 5.70. The molecule has 0 atom stereocenters. The molecule has 4 rings (SSSR count). The van der Waals surface area contributed by atoms with Crippen LogP contribution in [0, 0.1) is 12.7 Å². The average Bonchev–Trinajstić information content (AvgIpc) is 3.12. The highest BCUT2D eigenvalue weighted by molar-refractivity contribution is 5.84. The van der Waals surface area contributed by atoms with Crippen molar-refractivity contribution in [2.24, 2.45) is 0 Å². The van der Waals surface area contributed by atoms with Gasteiger partial charge in [-0.25, -0.2) is 4.39 Å². The van der Waals surface area contributed by atoms with E-state index >= 15 is 0 Å². The molecule has 0 aliphatic carbocycles. The van der Waals surface area contributed by atoms with E-state index in [0.717, 1.165) is 24.9 Å². The highest BCUT2D eigenvalue weighted by Gasteiger charge is 2.10. The fraction of sp³-hybridized carbons (Fsp3) is 0.222. The molecule has 1 N–H and O–H groups in total. The van der Waals surface area contributed by atoms with Gasteiger partial charge in [0.25, 0.3) is 0 Å². The molecule has 0 saturated heterocycles. The Kier molecular flexibility index (Phi) is 6.46. The number of hydrogen-bond donors (Lipinski definition) is 1. The largest absolute Gasteiger partial charge is 0.352 e. The zero-order chi connectivity index (χ0) is 21.6. The summed E-state index contributed by atoms with van der Waals surface area (Å²) in [6.45, 7) is 3.33. The summed E-state index contributed by atoms with van der Waals surface area (Å²) in [7, 11) is 0. The number of rotatable bonds is 8. The topological polar surface area (TPSA) is 34.0 Å². The molecule has 0 aliphatic heterocycles. The molecule has 0 bridgehead atoms. The second-order valence-corrected chi connectivity index (χ2v) is 7.99. The summed E-state index contributed by atoms with van der Waals surface area (Å²) in [5.74, 6) is -0.290. The minimum Gasteiger partial charge on any atom is -0.352 e. The van der Waals surface area contributed by atoms with Crippen LogP contribution in [0.5, 0.6) is 0 Å². The lowest BCUT2D eigenvalue weighted by Crippen LogP contribution is -2.22. The highest BCUT2D eigenvalue weighted by Crippen LogP contribution is 2.24. The van der Waals surface area contributed by atoms with Crippen molar-refractivity contribution in [3.8, 4) is 0 Å². The Hall–Kier alpha value is -3.40. The molecule has 0 saturated carbocycles. The van der Waals surface area contributed by atoms with Gasteiger partial charge in [0, 0.05) is 36.6 Å². The van der Waals surface area contributed by atoms with E-state index in [-0.39, 0.29) is 11.7 Å². The van der Waals surface area contributed by atoms with Gasteiger partial charge < -0.3 is 9.88 Å². The SMILES string of the molecule is Cc1ccccc1Cn1cc(CCCC(=O)NCc2cccc(F)c2)c2ccccc21. The van der Waals surface area contributed by atoms with Crippen LogP contribution in [0.3, 0.4) is 0 Å². The zero-order valence-electron chi connectivity index (χ0n) is 17.8. The summed E-state index contributed by atoms with van der Waals surface area (Å²) in [5, 5.41) is 4.13. The van der Waals surface area contributed by atoms with Gasteiger partial charge in [-0.2, -0.15) is 0 Å². The van der Waals surface area contributed by atoms with Crippen molar-refractivity contribution in [2.75, 3.05) is 0 Å². The first-order valence-corrected chi connectivity index (χ1v) is 10.7. The van der Waals surface area contributed by atoms with Crippen molar-refractivity contribution in [3.63, 3.8) is 0 Å². The normalized spacial score (nSPS) is 11.0. The summed E-state index contributed by atoms with van der Waals surface area (Å²) >= 11 is 0. The Balaban J connectivity index is 1.38. The summed E-state index contributed by atoms with van der Waals surface area (Å²) in [4.78, 5) is 12.2. The molecule has 4 heteroatoms. The molecule has 0 aliphatic rings. The number of nitrogens with one attached hydrogen (secondary N) is 1. The van der Waals surface area contributed by atoms with E-state index in [2.05, 4.69) is 71.5 Å². The Labute approximate surface area is 182 Å². The third-order valence-corrected chi connectivity index (χ3v) is 5.70. The van der Waals surface area contributed by atoms with Gasteiger partial charge in [0.2, 0.25) is 5.91 Å². The van der Waals surface area contributed by atoms with Gasteiger partial charge in [0.15, 0.2) is 0 Å². The second kappa shape index (κ2) is 9.61. The number of hydrogen-bond acceptors (Lipinski definition) is 1. The van der Waals surface area contributed by atoms with Crippen molar-refractivity contribution >= 4 is 16.8 Å². The molecule has 1 aromatic heterocycles. The Morgan fingerprint density at radius 3 is 2.61 bits per heavy atom. The maximum atomic E-state index is 13.3. The van der Waals surface area contributed by atoms with Crippen molar-refractivity contribution < 1.29 is 9.18 Å². The predicted octanol–water partition coefficient (Wildman–Crippen LogP) is 5.78. The van der Waals surface area contributed by atoms with Crippen LogP contribution in [0.4, 0.5) is 4.39 Å². The van der Waals surface area contributed by atoms with E-state index in [1.807, 2.05) is 6.07 Å². The maximum absolute atomic E-state index is 13.3. The quantitative estimate of drug-likeness (QED) is 0.390. The number of benzene rings is 3. The van der Waals surface area contributed by atoms with Crippen LogP contribution < -0.4 is 5.32 Å². The number of carbonyl (C=O) groups excluding carboxylic acids is 1. The molecule has 0 unspecified atom stereocenters. The lowest BCUT2D eigenvalue weighted by atomic mass is 10.1. The van der Waals surface area contributed by atoms with Gasteiger partial charge in [-0.15, -0.1) is 0 Å². The molecule has 0 radical (unpaired) electrons. The Morgan fingerprint density at radius 2 is 1.77 bits per heavy atom. The molecular weight excluding hydrogens is 387 g/mol. The van der Waals surface area contributed by atoms with E-state index in [1.54, 1.807) is 6.07 Å². The fourth-order valence-corrected chi connectivity index (χ4v) is 4.00. The molecule has 158 valence electrons. The van der Waals surface area contributed by atoms with Gasteiger partial charge in [0.1, 0.15) is 5.82 Å². The molecule has 31 heavy (non-hydrogen) atoms. The second-order valence-electron chi connectivity index (χ2n) is 7.99. The van der Waals surface area contributed by atoms with E-state index in [4.69, 9.17) is 0 Å². The van der Waals surface area contributed by atoms with Crippen LogP contribution >= 0.6 is 0 Å². The van der Waals surface area contributed by atoms with E-state index in [9.17, 15) is 9.18 Å². The maximum Gasteiger partial charge on any atom is 0.220 e. The van der Waals surface area contributed by atoms with Crippen LogP contribution in [0.2, 0.25) is 0 Å². The fourth-order valence-electron chi connectivity index (χ4n) is 4.00. The van der Waals surface area contributed by atoms with Gasteiger partial charge >= 0.3 is 0 Å². The number of nitrogens with zero attached hydrogens (tertiary/aromatic N) is 1. The molecule has 1 heterocycles. The van der Waals surface area contributed by atoms with E-state index < -0.39 is 0 Å². The van der Waals surface area contributed by atoms with Crippen molar-refractivity contribution in [2.45, 2.75) is 39.3 Å². The number of fused-ring (bicyclic) bond motifs is 1. The molecule has 0 fully saturated rings. The lowest BCUT2D eigenvalue weighted by Gasteiger charge is -2.08. The summed E-state index contributed by atoms with van der Waals surface area (Å²) in [6.07, 6.45) is 4.29. The smallest absolute Gasteiger partial charge is 0.220 e. The molecule has 0 spiro atoms. The molecule has 4 aromatic rings. The monoisotopic (exact) mass is 414 g/mol. The van der Waals surface area contributed by atoms with E-state index in [0.29, 0.717) is 13.0 Å². The van der Waals surface area contributed by atoms with Crippen LogP contribution in [0.25, 0.3) is 10.9 Å². The summed E-state index contributed by atoms with van der Waals surface area (Å²) in [6, 6.07) is 23.2. The zero-order valence-corrected chi connectivity index (χ0v) is 17.8. The predicted molar refractivity (Wildman–Crippen MR) is 123 cm³/mol. The van der Waals surface area contributed by atoms with Gasteiger partial charge in [0.05, 0.1) is 0 Å². The number of halogens is 1. The number of para-hydroxylation sites is 1. The molecular formula is C27H27FN2O. The molecule has 3 nitrogen and oxygen atoms in total. The van der Waals surface area contributed by atoms with Gasteiger partial charge in [-0.1, -0.05) is 54.6 Å². The third kappa shape index (κ3) is 5.21. The van der Waals surface area contributed by atoms with Crippen molar-refractivity contribution in [1.82, 2.24) is 9.88 Å². The lowest BCUT2D eigenvalue weighted by molar-refractivity contribution is -0.121. The summed E-state index contributed by atoms with van der Waals surface area (Å²) in [5.41, 5.74) is 5.86. The average molecular weight is 415 g/mol. The number of amides is 1. The summed E-state index contributed by atoms with van der Waals surface area (Å²) < 4.78 is 15.6. The molecule has 1 amide bonds. The van der Waals surface area contributed by atoms with Gasteiger partial charge in [-0.05, 0) is 60.2 Å². The van der Waals surface area contributed by atoms with E-state index in [1.165, 1.54) is 39.7 Å². The first-order valence-electron chi connectivity index (χ1n) is 10.7. The minimum atomic E-state index is -0.283. The van der Waals surface area contributed by atoms with Crippen LogP contribution in [-0.2, 0) is 24.3 Å². The number of carbonyl (C=O) groups is 1.